The van der Waals surface area contributed by atoms with Crippen LogP contribution in [0.1, 0.15) is 35.9 Å². The molecule has 2 aromatic carbocycles. The molecule has 1 N–H and O–H groups in total. The lowest BCUT2D eigenvalue weighted by Crippen LogP contribution is -2.16. The molecule has 0 saturated carbocycles. The number of nitrogens with zero attached hydrogens (tertiary/aromatic N) is 4. The second-order valence-corrected chi connectivity index (χ2v) is 8.61. The predicted molar refractivity (Wildman–Crippen MR) is 131 cm³/mol. The van der Waals surface area contributed by atoms with Gasteiger partial charge in [0.05, 0.1) is 32.7 Å². The lowest BCUT2D eigenvalue weighted by atomic mass is 10.1. The zero-order valence-corrected chi connectivity index (χ0v) is 20.3. The van der Waals surface area contributed by atoms with Crippen molar-refractivity contribution in [3.8, 4) is 33.5 Å². The summed E-state index contributed by atoms with van der Waals surface area (Å²) in [7, 11) is 4.64. The van der Waals surface area contributed by atoms with Crippen LogP contribution >= 0.6 is 11.3 Å². The molecule has 0 aliphatic rings. The molecule has 0 bridgehead atoms. The van der Waals surface area contributed by atoms with Crippen LogP contribution in [-0.2, 0) is 0 Å². The minimum Gasteiger partial charge on any atom is -0.493 e. The summed E-state index contributed by atoms with van der Waals surface area (Å²) >= 11 is 1.24. The van der Waals surface area contributed by atoms with Crippen LogP contribution in [0.5, 0.6) is 17.2 Å². The highest BCUT2D eigenvalue weighted by molar-refractivity contribution is 7.18. The van der Waals surface area contributed by atoms with Crippen molar-refractivity contribution in [2.75, 3.05) is 26.6 Å². The van der Waals surface area contributed by atoms with Crippen LogP contribution in [0.25, 0.3) is 16.3 Å². The Morgan fingerprint density at radius 2 is 1.65 bits per heavy atom. The third kappa shape index (κ3) is 4.58. The fraction of sp³-hybridized carbons (Fsp3) is 0.250. The standard InChI is InChI=1S/C24H25N5O4S/c1-14(2)17-13-18(29(28-17)16-9-7-6-8-10-16)22(30)25-24-27-26-23(34-24)15-11-19(31-3)21(33-5)20(12-15)32-4/h6-14H,1-5H3,(H,25,27,30). The molecule has 0 unspecified atom stereocenters. The van der Waals surface area contributed by atoms with Crippen molar-refractivity contribution in [2.45, 2.75) is 19.8 Å². The summed E-state index contributed by atoms with van der Waals surface area (Å²) in [5, 5.41) is 16.8. The number of carbonyl (C=O) groups is 1. The zero-order valence-electron chi connectivity index (χ0n) is 19.5. The lowest BCUT2D eigenvalue weighted by Gasteiger charge is -2.13. The van der Waals surface area contributed by atoms with Crippen molar-refractivity contribution >= 4 is 22.4 Å². The van der Waals surface area contributed by atoms with Gasteiger partial charge in [-0.05, 0) is 36.2 Å². The fourth-order valence-electron chi connectivity index (χ4n) is 3.37. The van der Waals surface area contributed by atoms with E-state index in [-0.39, 0.29) is 11.8 Å². The molecule has 2 aromatic heterocycles. The molecule has 4 aromatic rings. The average molecular weight is 480 g/mol. The quantitative estimate of drug-likeness (QED) is 0.388. The van der Waals surface area contributed by atoms with Crippen LogP contribution in [0.4, 0.5) is 5.13 Å². The highest BCUT2D eigenvalue weighted by Crippen LogP contribution is 2.42. The Morgan fingerprint density at radius 3 is 2.24 bits per heavy atom. The molecule has 0 aliphatic carbocycles. The van der Waals surface area contributed by atoms with Gasteiger partial charge in [0, 0.05) is 5.56 Å². The number of hydrogen-bond acceptors (Lipinski definition) is 8. The number of para-hydroxylation sites is 1. The maximum absolute atomic E-state index is 13.2. The topological polar surface area (TPSA) is 100 Å². The Labute approximate surface area is 201 Å². The van der Waals surface area contributed by atoms with Gasteiger partial charge < -0.3 is 14.2 Å². The molecule has 0 spiro atoms. The monoisotopic (exact) mass is 479 g/mol. The van der Waals surface area contributed by atoms with E-state index in [0.29, 0.717) is 33.1 Å². The molecule has 2 heterocycles. The van der Waals surface area contributed by atoms with Gasteiger partial charge in [-0.15, -0.1) is 10.2 Å². The Morgan fingerprint density at radius 1 is 0.971 bits per heavy atom. The highest BCUT2D eigenvalue weighted by Gasteiger charge is 2.21. The minimum absolute atomic E-state index is 0.171. The summed E-state index contributed by atoms with van der Waals surface area (Å²) in [6.07, 6.45) is 0. The third-order valence-electron chi connectivity index (χ3n) is 5.11. The average Bonchev–Trinajstić information content (AvgIpc) is 3.51. The largest absolute Gasteiger partial charge is 0.493 e. The summed E-state index contributed by atoms with van der Waals surface area (Å²) in [4.78, 5) is 13.2. The van der Waals surface area contributed by atoms with Crippen molar-refractivity contribution < 1.29 is 19.0 Å². The molecule has 1 amide bonds. The number of carbonyl (C=O) groups excluding carboxylic acids is 1. The number of benzene rings is 2. The van der Waals surface area contributed by atoms with Gasteiger partial charge in [0.2, 0.25) is 10.9 Å². The van der Waals surface area contributed by atoms with Gasteiger partial charge >= 0.3 is 0 Å². The first kappa shape index (κ1) is 23.2. The first-order chi connectivity index (χ1) is 16.4. The van der Waals surface area contributed by atoms with Crippen LogP contribution in [0.3, 0.4) is 0 Å². The molecule has 10 heteroatoms. The maximum Gasteiger partial charge on any atom is 0.276 e. The normalized spacial score (nSPS) is 10.9. The molecule has 0 aliphatic heterocycles. The summed E-state index contributed by atoms with van der Waals surface area (Å²) < 4.78 is 17.9. The predicted octanol–water partition coefficient (Wildman–Crippen LogP) is 4.79. The van der Waals surface area contributed by atoms with E-state index in [0.717, 1.165) is 16.9 Å². The van der Waals surface area contributed by atoms with Crippen molar-refractivity contribution in [1.29, 1.82) is 0 Å². The summed E-state index contributed by atoms with van der Waals surface area (Å²) in [6.45, 7) is 4.07. The second kappa shape index (κ2) is 9.92. The Hall–Kier alpha value is -3.92. The molecule has 9 nitrogen and oxygen atoms in total. The molecular formula is C24H25N5O4S. The van der Waals surface area contributed by atoms with Crippen LogP contribution in [0.2, 0.25) is 0 Å². The third-order valence-corrected chi connectivity index (χ3v) is 6.00. The molecule has 34 heavy (non-hydrogen) atoms. The molecule has 4 rings (SSSR count). The van der Waals surface area contributed by atoms with Gasteiger partial charge in [0.15, 0.2) is 11.5 Å². The smallest absolute Gasteiger partial charge is 0.276 e. The van der Waals surface area contributed by atoms with Crippen LogP contribution in [0, 0.1) is 0 Å². The van der Waals surface area contributed by atoms with Crippen molar-refractivity contribution in [3.05, 3.63) is 59.9 Å². The van der Waals surface area contributed by atoms with Crippen LogP contribution in [0.15, 0.2) is 48.5 Å². The maximum atomic E-state index is 13.2. The first-order valence-electron chi connectivity index (χ1n) is 10.6. The molecular weight excluding hydrogens is 454 g/mol. The van der Waals surface area contributed by atoms with Gasteiger partial charge in [0.25, 0.3) is 5.91 Å². The highest BCUT2D eigenvalue weighted by atomic mass is 32.1. The van der Waals surface area contributed by atoms with Gasteiger partial charge in [-0.2, -0.15) is 5.10 Å². The SMILES string of the molecule is COc1cc(-c2nnc(NC(=O)c3cc(C(C)C)nn3-c3ccccc3)s2)cc(OC)c1OC. The fourth-order valence-corrected chi connectivity index (χ4v) is 4.09. The van der Waals surface area contributed by atoms with E-state index < -0.39 is 0 Å². The van der Waals surface area contributed by atoms with E-state index in [1.807, 2.05) is 44.2 Å². The van der Waals surface area contributed by atoms with Crippen molar-refractivity contribution in [3.63, 3.8) is 0 Å². The molecule has 0 radical (unpaired) electrons. The van der Waals surface area contributed by atoms with E-state index in [1.54, 1.807) is 44.2 Å². The Bertz CT molecular complexity index is 1270. The van der Waals surface area contributed by atoms with E-state index in [1.165, 1.54) is 11.3 Å². The van der Waals surface area contributed by atoms with Gasteiger partial charge in [0.1, 0.15) is 10.7 Å². The Kier molecular flexibility index (Phi) is 6.78. The zero-order chi connectivity index (χ0) is 24.2. The molecule has 176 valence electrons. The Balaban J connectivity index is 1.63. The second-order valence-electron chi connectivity index (χ2n) is 7.64. The van der Waals surface area contributed by atoms with Crippen molar-refractivity contribution in [2.24, 2.45) is 0 Å². The summed E-state index contributed by atoms with van der Waals surface area (Å²) in [5.41, 5.74) is 2.77. The molecule has 0 fully saturated rings. The molecule has 0 saturated heterocycles. The number of rotatable bonds is 8. The number of ether oxygens (including phenoxy) is 3. The lowest BCUT2D eigenvalue weighted by molar-refractivity contribution is 0.101. The van der Waals surface area contributed by atoms with Crippen LogP contribution < -0.4 is 19.5 Å². The summed E-state index contributed by atoms with van der Waals surface area (Å²) in [5.74, 6) is 1.35. The number of aromatic nitrogens is 4. The van der Waals surface area contributed by atoms with Gasteiger partial charge in [-0.3, -0.25) is 10.1 Å². The first-order valence-corrected chi connectivity index (χ1v) is 11.4. The summed E-state index contributed by atoms with van der Waals surface area (Å²) in [6, 6.07) is 14.9. The number of methoxy groups -OCH3 is 3. The van der Waals surface area contributed by atoms with Crippen LogP contribution in [-0.4, -0.2) is 47.2 Å². The number of anilines is 1. The van der Waals surface area contributed by atoms with E-state index in [9.17, 15) is 4.79 Å². The molecule has 0 atom stereocenters. The van der Waals surface area contributed by atoms with E-state index >= 15 is 0 Å². The van der Waals surface area contributed by atoms with Crippen molar-refractivity contribution in [1.82, 2.24) is 20.0 Å². The number of nitrogens with one attached hydrogen (secondary N) is 1. The van der Waals surface area contributed by atoms with E-state index in [2.05, 4.69) is 20.6 Å². The van der Waals surface area contributed by atoms with Gasteiger partial charge in [-0.25, -0.2) is 4.68 Å². The number of amides is 1. The number of hydrogen-bond donors (Lipinski definition) is 1. The van der Waals surface area contributed by atoms with Gasteiger partial charge in [-0.1, -0.05) is 43.4 Å². The minimum atomic E-state index is -0.323. The van der Waals surface area contributed by atoms with E-state index in [4.69, 9.17) is 14.2 Å².